The third-order valence-corrected chi connectivity index (χ3v) is 4.85. The predicted molar refractivity (Wildman–Crippen MR) is 99.7 cm³/mol. The van der Waals surface area contributed by atoms with Crippen molar-refractivity contribution < 1.29 is 17.1 Å². The molecule has 2 aromatic carbocycles. The zero-order chi connectivity index (χ0) is 19.4. The highest BCUT2D eigenvalue weighted by atomic mass is 32.2. The molecule has 0 aliphatic carbocycles. The number of anilines is 1. The van der Waals surface area contributed by atoms with E-state index in [9.17, 15) is 17.1 Å². The van der Waals surface area contributed by atoms with Crippen LogP contribution in [-0.4, -0.2) is 0 Å². The van der Waals surface area contributed by atoms with Gasteiger partial charge in [0.05, 0.1) is 17.7 Å². The van der Waals surface area contributed by atoms with E-state index in [1.54, 1.807) is 30.3 Å². The molecule has 0 fully saturated rings. The minimum atomic E-state index is -4.35. The number of alkyl halides is 3. The lowest BCUT2D eigenvalue weighted by atomic mass is 9.82. The standard InChI is InChI=1S/C20H21F4NS/c1-14(25-16-8-10-17(26-24)11-9-16)19(2,3)13-12-15-6-4-5-7-18(15)20(21,22)23/h4-11,25H,1,12-13H2,2-3H3. The first-order valence-electron chi connectivity index (χ1n) is 8.13. The summed E-state index contributed by atoms with van der Waals surface area (Å²) in [5, 5.41) is 3.17. The molecule has 1 N–H and O–H groups in total. The van der Waals surface area contributed by atoms with Gasteiger partial charge in [0.25, 0.3) is 0 Å². The van der Waals surface area contributed by atoms with Gasteiger partial charge >= 0.3 is 6.18 Å². The minimum Gasteiger partial charge on any atom is -0.359 e. The van der Waals surface area contributed by atoms with Crippen molar-refractivity contribution in [3.8, 4) is 0 Å². The van der Waals surface area contributed by atoms with Crippen LogP contribution in [0.1, 0.15) is 31.4 Å². The summed E-state index contributed by atoms with van der Waals surface area (Å²) in [6.07, 6.45) is -3.56. The first-order chi connectivity index (χ1) is 12.1. The van der Waals surface area contributed by atoms with E-state index < -0.39 is 17.2 Å². The molecular formula is C20H21F4NS. The predicted octanol–water partition coefficient (Wildman–Crippen LogP) is 7.27. The highest BCUT2D eigenvalue weighted by molar-refractivity contribution is 7.94. The van der Waals surface area contributed by atoms with Crippen LogP contribution in [0.4, 0.5) is 22.7 Å². The van der Waals surface area contributed by atoms with Crippen molar-refractivity contribution in [3.05, 3.63) is 71.9 Å². The van der Waals surface area contributed by atoms with Crippen molar-refractivity contribution in [3.63, 3.8) is 0 Å². The van der Waals surface area contributed by atoms with Crippen LogP contribution in [0.3, 0.4) is 0 Å². The van der Waals surface area contributed by atoms with Crippen LogP contribution in [-0.2, 0) is 12.6 Å². The summed E-state index contributed by atoms with van der Waals surface area (Å²) in [6.45, 7) is 7.90. The Morgan fingerprint density at radius 1 is 1.04 bits per heavy atom. The van der Waals surface area contributed by atoms with Gasteiger partial charge < -0.3 is 5.32 Å². The number of aryl methyl sites for hydroxylation is 1. The highest BCUT2D eigenvalue weighted by Crippen LogP contribution is 2.36. The van der Waals surface area contributed by atoms with Crippen molar-refractivity contribution in [2.45, 2.75) is 37.8 Å². The van der Waals surface area contributed by atoms with E-state index in [0.29, 0.717) is 23.4 Å². The fourth-order valence-corrected chi connectivity index (χ4v) is 2.78. The van der Waals surface area contributed by atoms with Crippen LogP contribution in [0.25, 0.3) is 0 Å². The second-order valence-electron chi connectivity index (χ2n) is 6.74. The molecular weight excluding hydrogens is 362 g/mol. The van der Waals surface area contributed by atoms with E-state index >= 15 is 0 Å². The third kappa shape index (κ3) is 5.27. The lowest BCUT2D eigenvalue weighted by Crippen LogP contribution is -2.21. The van der Waals surface area contributed by atoms with E-state index in [4.69, 9.17) is 0 Å². The molecule has 0 heterocycles. The summed E-state index contributed by atoms with van der Waals surface area (Å²) in [7, 11) is 0. The Bertz CT molecular complexity index is 751. The van der Waals surface area contributed by atoms with Crippen molar-refractivity contribution in [2.75, 3.05) is 5.32 Å². The number of nitrogens with one attached hydrogen (secondary N) is 1. The van der Waals surface area contributed by atoms with Gasteiger partial charge in [-0.1, -0.05) is 38.6 Å². The van der Waals surface area contributed by atoms with Gasteiger partial charge in [-0.3, -0.25) is 0 Å². The molecule has 6 heteroatoms. The smallest absolute Gasteiger partial charge is 0.359 e. The second kappa shape index (κ2) is 8.16. The number of allylic oxidation sites excluding steroid dienone is 1. The molecule has 0 unspecified atom stereocenters. The van der Waals surface area contributed by atoms with Gasteiger partial charge in [-0.15, -0.1) is 0 Å². The number of hydrogen-bond donors (Lipinski definition) is 1. The molecule has 0 aromatic heterocycles. The van der Waals surface area contributed by atoms with Gasteiger partial charge in [-0.2, -0.15) is 17.1 Å². The van der Waals surface area contributed by atoms with Crippen LogP contribution in [0.2, 0.25) is 0 Å². The van der Waals surface area contributed by atoms with Gasteiger partial charge in [0.15, 0.2) is 0 Å². The Hall–Kier alpha value is -1.95. The van der Waals surface area contributed by atoms with Crippen LogP contribution in [0, 0.1) is 5.41 Å². The van der Waals surface area contributed by atoms with Crippen molar-refractivity contribution in [1.29, 1.82) is 0 Å². The molecule has 0 spiro atoms. The number of hydrogen-bond acceptors (Lipinski definition) is 2. The first kappa shape index (κ1) is 20.4. The van der Waals surface area contributed by atoms with Crippen LogP contribution >= 0.6 is 12.1 Å². The minimum absolute atomic E-state index is 0.169. The van der Waals surface area contributed by atoms with Crippen molar-refractivity contribution >= 4 is 17.8 Å². The SMILES string of the molecule is C=C(Nc1ccc(SF)cc1)C(C)(C)CCc1ccccc1C(F)(F)F. The maximum atomic E-state index is 13.1. The summed E-state index contributed by atoms with van der Waals surface area (Å²) in [6, 6.07) is 12.4. The summed E-state index contributed by atoms with van der Waals surface area (Å²) in [4.78, 5) is 0.504. The Morgan fingerprint density at radius 3 is 2.23 bits per heavy atom. The Kier molecular flexibility index (Phi) is 6.39. The fourth-order valence-electron chi connectivity index (χ4n) is 2.55. The molecule has 0 atom stereocenters. The van der Waals surface area contributed by atoms with E-state index in [-0.39, 0.29) is 17.7 Å². The Balaban J connectivity index is 2.05. The average molecular weight is 383 g/mol. The topological polar surface area (TPSA) is 12.0 Å². The van der Waals surface area contributed by atoms with Gasteiger partial charge in [-0.25, -0.2) is 0 Å². The van der Waals surface area contributed by atoms with Crippen LogP contribution < -0.4 is 5.32 Å². The molecule has 0 saturated carbocycles. The van der Waals surface area contributed by atoms with Crippen molar-refractivity contribution in [2.24, 2.45) is 5.41 Å². The maximum absolute atomic E-state index is 13.1. The molecule has 1 nitrogen and oxygen atoms in total. The zero-order valence-corrected chi connectivity index (χ0v) is 15.5. The summed E-state index contributed by atoms with van der Waals surface area (Å²) >= 11 is 0.169. The molecule has 0 aliphatic rings. The molecule has 0 aliphatic heterocycles. The molecule has 2 aromatic rings. The average Bonchev–Trinajstić information content (AvgIpc) is 2.60. The second-order valence-corrected chi connectivity index (χ2v) is 7.37. The van der Waals surface area contributed by atoms with E-state index in [1.165, 1.54) is 12.1 Å². The largest absolute Gasteiger partial charge is 0.416 e. The summed E-state index contributed by atoms with van der Waals surface area (Å²) < 4.78 is 51.8. The first-order valence-corrected chi connectivity index (χ1v) is 8.85. The molecule has 26 heavy (non-hydrogen) atoms. The number of halogens is 4. The summed E-state index contributed by atoms with van der Waals surface area (Å²) in [5.41, 5.74) is 0.727. The Morgan fingerprint density at radius 2 is 1.65 bits per heavy atom. The molecule has 0 radical (unpaired) electrons. The third-order valence-electron chi connectivity index (χ3n) is 4.40. The van der Waals surface area contributed by atoms with Crippen LogP contribution in [0.15, 0.2) is 65.7 Å². The van der Waals surface area contributed by atoms with E-state index in [2.05, 4.69) is 11.9 Å². The fraction of sp³-hybridized carbons (Fsp3) is 0.300. The normalized spacial score (nSPS) is 12.1. The number of benzene rings is 2. The van der Waals surface area contributed by atoms with Crippen LogP contribution in [0.5, 0.6) is 0 Å². The lowest BCUT2D eigenvalue weighted by molar-refractivity contribution is -0.138. The van der Waals surface area contributed by atoms with Crippen molar-refractivity contribution in [1.82, 2.24) is 0 Å². The van der Waals surface area contributed by atoms with Gasteiger partial charge in [0, 0.05) is 21.7 Å². The van der Waals surface area contributed by atoms with Gasteiger partial charge in [0.2, 0.25) is 0 Å². The van der Waals surface area contributed by atoms with Gasteiger partial charge in [-0.05, 0) is 48.7 Å². The van der Waals surface area contributed by atoms with E-state index in [1.807, 2.05) is 13.8 Å². The molecule has 140 valence electrons. The monoisotopic (exact) mass is 383 g/mol. The summed E-state index contributed by atoms with van der Waals surface area (Å²) in [5.74, 6) is 0. The molecule has 0 amide bonds. The molecule has 2 rings (SSSR count). The Labute approximate surface area is 155 Å². The highest BCUT2D eigenvalue weighted by Gasteiger charge is 2.33. The molecule has 0 saturated heterocycles. The number of rotatable bonds is 7. The zero-order valence-electron chi connectivity index (χ0n) is 14.7. The maximum Gasteiger partial charge on any atom is 0.416 e. The molecule has 0 bridgehead atoms. The lowest BCUT2D eigenvalue weighted by Gasteiger charge is -2.29. The van der Waals surface area contributed by atoms with Gasteiger partial charge in [0.1, 0.15) is 0 Å². The van der Waals surface area contributed by atoms with E-state index in [0.717, 1.165) is 11.8 Å². The quantitative estimate of drug-likeness (QED) is 0.505.